The number of rotatable bonds is 17. The molecular weight excluding hydrogens is 488 g/mol. The summed E-state index contributed by atoms with van der Waals surface area (Å²) < 4.78 is 11.1. The molecule has 0 fully saturated rings. The lowest BCUT2D eigenvalue weighted by atomic mass is 10.1. The maximum Gasteiger partial charge on any atom is 0.305 e. The third-order valence-electron chi connectivity index (χ3n) is 5.34. The number of nitrogens with one attached hydrogen (secondary N) is 3. The molecule has 15 heteroatoms. The van der Waals surface area contributed by atoms with E-state index in [1.54, 1.807) is 25.8 Å². The Balaban J connectivity index is 2.08. The highest BCUT2D eigenvalue weighted by atomic mass is 16.6. The van der Waals surface area contributed by atoms with Gasteiger partial charge in [0, 0.05) is 19.0 Å². The zero-order chi connectivity index (χ0) is 27.4. The quantitative estimate of drug-likeness (QED) is 0.194. The fraction of sp³-hybridized carbons (Fsp3) is 0.591. The molecule has 0 saturated carbocycles. The van der Waals surface area contributed by atoms with Gasteiger partial charge in [0.05, 0.1) is 39.0 Å². The summed E-state index contributed by atoms with van der Waals surface area (Å²) in [7, 11) is 1.79. The molecule has 2 aromatic rings. The first-order valence-corrected chi connectivity index (χ1v) is 11.8. The lowest BCUT2D eigenvalue weighted by Crippen LogP contribution is -2.49. The average Bonchev–Trinajstić information content (AvgIpc) is 3.27. The maximum absolute atomic E-state index is 13.1. The van der Waals surface area contributed by atoms with Crippen LogP contribution < -0.4 is 21.5 Å². The fourth-order valence-corrected chi connectivity index (χ4v) is 3.35. The van der Waals surface area contributed by atoms with E-state index in [2.05, 4.69) is 35.9 Å². The van der Waals surface area contributed by atoms with E-state index in [4.69, 9.17) is 4.74 Å². The summed E-state index contributed by atoms with van der Waals surface area (Å²) in [6, 6.07) is -2.28. The van der Waals surface area contributed by atoms with E-state index >= 15 is 0 Å². The van der Waals surface area contributed by atoms with Crippen LogP contribution >= 0.6 is 0 Å². The smallest absolute Gasteiger partial charge is 0.305 e. The Morgan fingerprint density at radius 2 is 2.03 bits per heavy atom. The van der Waals surface area contributed by atoms with E-state index in [1.165, 1.54) is 17.0 Å². The third-order valence-corrected chi connectivity index (χ3v) is 5.34. The van der Waals surface area contributed by atoms with Crippen LogP contribution in [0.25, 0.3) is 0 Å². The van der Waals surface area contributed by atoms with Crippen molar-refractivity contribution in [3.63, 3.8) is 0 Å². The number of ether oxygens (including phenoxy) is 1. The summed E-state index contributed by atoms with van der Waals surface area (Å²) in [6.45, 7) is 6.45. The Kier molecular flexibility index (Phi) is 11.8. The first-order valence-electron chi connectivity index (χ1n) is 11.8. The van der Waals surface area contributed by atoms with Gasteiger partial charge in [0.1, 0.15) is 17.4 Å². The molecule has 0 spiro atoms. The zero-order valence-electron chi connectivity index (χ0n) is 21.4. The summed E-state index contributed by atoms with van der Waals surface area (Å²) >= 11 is 0. The van der Waals surface area contributed by atoms with Crippen molar-refractivity contribution in [2.24, 2.45) is 0 Å². The summed E-state index contributed by atoms with van der Waals surface area (Å²) in [4.78, 5) is 56.0. The van der Waals surface area contributed by atoms with Crippen molar-refractivity contribution in [2.45, 2.75) is 52.2 Å². The molecule has 0 aromatic carbocycles. The second-order valence-corrected chi connectivity index (χ2v) is 8.25. The topological polar surface area (TPSA) is 194 Å². The van der Waals surface area contributed by atoms with Crippen molar-refractivity contribution < 1.29 is 28.9 Å². The number of hydrogen-bond donors (Lipinski definition) is 4. The molecule has 2 rings (SSSR count). The number of ketones is 1. The summed E-state index contributed by atoms with van der Waals surface area (Å²) in [5.74, 6) is -2.43. The van der Waals surface area contributed by atoms with Crippen LogP contribution in [0.3, 0.4) is 0 Å². The van der Waals surface area contributed by atoms with Crippen molar-refractivity contribution in [3.8, 4) is 0 Å². The van der Waals surface area contributed by atoms with Crippen LogP contribution in [0.2, 0.25) is 0 Å². The predicted octanol–water partition coefficient (Wildman–Crippen LogP) is -0.501. The van der Waals surface area contributed by atoms with E-state index in [0.29, 0.717) is 31.4 Å². The maximum atomic E-state index is 13.1. The van der Waals surface area contributed by atoms with E-state index in [0.717, 1.165) is 0 Å². The molecule has 37 heavy (non-hydrogen) atoms. The molecule has 1 amide bonds. The van der Waals surface area contributed by atoms with Crippen LogP contribution in [-0.2, 0) is 25.7 Å². The number of carbonyl (C=O) groups excluding carboxylic acids is 2. The fourth-order valence-electron chi connectivity index (χ4n) is 3.35. The number of aliphatic carboxylic acids is 1. The largest absolute Gasteiger partial charge is 0.481 e. The number of aryl methyl sites for hydroxylation is 1. The van der Waals surface area contributed by atoms with Crippen LogP contribution in [0.15, 0.2) is 21.8 Å². The van der Waals surface area contributed by atoms with Gasteiger partial charge in [0.15, 0.2) is 11.6 Å². The van der Waals surface area contributed by atoms with Crippen molar-refractivity contribution >= 4 is 23.5 Å². The van der Waals surface area contributed by atoms with E-state index in [1.807, 2.05) is 6.92 Å². The first-order chi connectivity index (χ1) is 17.7. The van der Waals surface area contributed by atoms with Crippen LogP contribution in [0, 0.1) is 6.92 Å². The van der Waals surface area contributed by atoms with E-state index in [-0.39, 0.29) is 25.3 Å². The summed E-state index contributed by atoms with van der Waals surface area (Å²) in [6.07, 6.45) is 2.32. The minimum Gasteiger partial charge on any atom is -0.481 e. The van der Waals surface area contributed by atoms with Crippen LogP contribution in [0.4, 0.5) is 5.82 Å². The zero-order valence-corrected chi connectivity index (χ0v) is 21.4. The molecule has 0 aliphatic heterocycles. The highest BCUT2D eigenvalue weighted by molar-refractivity contribution is 5.93. The average molecular weight is 523 g/mol. The van der Waals surface area contributed by atoms with Gasteiger partial charge in [-0.15, -0.1) is 0 Å². The Hall–Kier alpha value is -3.69. The number of carbonyl (C=O) groups is 3. The van der Waals surface area contributed by atoms with Crippen molar-refractivity contribution in [3.05, 3.63) is 34.1 Å². The van der Waals surface area contributed by atoms with Gasteiger partial charge in [0.2, 0.25) is 5.91 Å². The van der Waals surface area contributed by atoms with Crippen LogP contribution in [-0.4, -0.2) is 87.2 Å². The number of anilines is 1. The second kappa shape index (κ2) is 14.8. The van der Waals surface area contributed by atoms with Crippen molar-refractivity contribution in [1.82, 2.24) is 35.4 Å². The van der Waals surface area contributed by atoms with Crippen molar-refractivity contribution in [1.29, 1.82) is 0 Å². The highest BCUT2D eigenvalue weighted by Crippen LogP contribution is 2.12. The molecule has 15 nitrogen and oxygen atoms in total. The molecule has 0 radical (unpaired) electrons. The third kappa shape index (κ3) is 9.04. The standard InChI is InChI=1S/C22H34N8O7/c1-5-17(30-8-7-24-20(22(30)35)25-10-16-14(3)27-37-28-16)21(34)26-15(9-19(32)33)18(31)11-23-12-29(4)13-36-6-2/h7-8,15,17,23H,5-6,9-13H2,1-4H3,(H,24,25)(H,26,34)(H,32,33). The Labute approximate surface area is 213 Å². The van der Waals surface area contributed by atoms with Gasteiger partial charge in [-0.2, -0.15) is 0 Å². The molecular formula is C22H34N8O7. The van der Waals surface area contributed by atoms with Gasteiger partial charge in [0.25, 0.3) is 5.56 Å². The Morgan fingerprint density at radius 3 is 2.65 bits per heavy atom. The number of nitrogens with zero attached hydrogens (tertiary/aromatic N) is 5. The number of carboxylic acid groups (broad SMARTS) is 1. The van der Waals surface area contributed by atoms with Gasteiger partial charge in [-0.25, -0.2) is 9.61 Å². The van der Waals surface area contributed by atoms with Gasteiger partial charge in [-0.3, -0.25) is 34.0 Å². The van der Waals surface area contributed by atoms with E-state index < -0.39 is 41.7 Å². The number of carboxylic acids is 1. The number of aromatic nitrogens is 4. The molecule has 0 aliphatic rings. The first kappa shape index (κ1) is 29.5. The molecule has 0 bridgehead atoms. The van der Waals surface area contributed by atoms with Gasteiger partial charge >= 0.3 is 5.97 Å². The highest BCUT2D eigenvalue weighted by Gasteiger charge is 2.28. The molecule has 2 heterocycles. The van der Waals surface area contributed by atoms with Crippen molar-refractivity contribution in [2.75, 3.05) is 38.9 Å². The Bertz CT molecular complexity index is 1100. The number of amides is 1. The summed E-state index contributed by atoms with van der Waals surface area (Å²) in [5, 5.41) is 24.9. The monoisotopic (exact) mass is 522 g/mol. The lowest BCUT2D eigenvalue weighted by Gasteiger charge is -2.23. The van der Waals surface area contributed by atoms with Gasteiger partial charge in [-0.05, 0) is 27.3 Å². The molecule has 0 saturated heterocycles. The Morgan fingerprint density at radius 1 is 1.27 bits per heavy atom. The molecule has 4 N–H and O–H groups in total. The second-order valence-electron chi connectivity index (χ2n) is 8.25. The van der Waals surface area contributed by atoms with Gasteiger partial charge < -0.3 is 20.5 Å². The van der Waals surface area contributed by atoms with Crippen LogP contribution in [0.1, 0.15) is 44.1 Å². The summed E-state index contributed by atoms with van der Waals surface area (Å²) in [5.41, 5.74) is 0.479. The SMILES string of the molecule is CCOCN(C)CNCC(=O)C(CC(=O)O)NC(=O)C(CC)n1ccnc(NCc2nonc2C)c1=O. The lowest BCUT2D eigenvalue weighted by molar-refractivity contribution is -0.140. The molecule has 204 valence electrons. The molecule has 2 aromatic heterocycles. The van der Waals surface area contributed by atoms with E-state index in [9.17, 15) is 24.3 Å². The molecule has 2 atom stereocenters. The van der Waals surface area contributed by atoms with Crippen LogP contribution in [0.5, 0.6) is 0 Å². The minimum absolute atomic E-state index is 0.0188. The number of Topliss-reactive ketones (excluding diaryl/α,β-unsaturated/α-hetero) is 1. The minimum atomic E-state index is -1.28. The molecule has 0 aliphatic carbocycles. The number of hydrogen-bond acceptors (Lipinski definition) is 12. The predicted molar refractivity (Wildman–Crippen MR) is 131 cm³/mol. The molecule has 2 unspecified atom stereocenters. The van der Waals surface area contributed by atoms with Gasteiger partial charge in [-0.1, -0.05) is 17.2 Å². The normalized spacial score (nSPS) is 12.8.